The van der Waals surface area contributed by atoms with Crippen molar-refractivity contribution in [2.45, 2.75) is 32.7 Å². The molecule has 0 atom stereocenters. The average Bonchev–Trinajstić information content (AvgIpc) is 2.77. The Morgan fingerprint density at radius 3 is 2.53 bits per heavy atom. The molecule has 1 heterocycles. The van der Waals surface area contributed by atoms with E-state index in [1.54, 1.807) is 18.3 Å². The van der Waals surface area contributed by atoms with E-state index in [9.17, 15) is 4.39 Å². The topological polar surface area (TPSA) is 38.1 Å². The number of benzene rings is 1. The van der Waals surface area contributed by atoms with Crippen molar-refractivity contribution in [1.82, 2.24) is 10.3 Å². The minimum absolute atomic E-state index is 0.0897. The Bertz CT molecular complexity index is 526. The Morgan fingerprint density at radius 2 is 1.89 bits per heavy atom. The molecule has 4 heteroatoms. The molecule has 0 fully saturated rings. The number of hydrogen-bond acceptors (Lipinski definition) is 3. The van der Waals surface area contributed by atoms with E-state index >= 15 is 0 Å². The lowest BCUT2D eigenvalue weighted by Crippen LogP contribution is -2.37. The molecule has 2 aromatic rings. The third-order valence-corrected chi connectivity index (χ3v) is 2.68. The first kappa shape index (κ1) is 13.7. The minimum Gasteiger partial charge on any atom is -0.441 e. The normalized spacial score (nSPS) is 11.8. The van der Waals surface area contributed by atoms with Crippen LogP contribution in [0.3, 0.4) is 0 Å². The van der Waals surface area contributed by atoms with E-state index in [-0.39, 0.29) is 11.4 Å². The Hall–Kier alpha value is -1.68. The maximum atomic E-state index is 12.8. The van der Waals surface area contributed by atoms with E-state index in [4.69, 9.17) is 4.42 Å². The zero-order chi connectivity index (χ0) is 13.9. The van der Waals surface area contributed by atoms with Crippen LogP contribution in [-0.4, -0.2) is 17.1 Å². The molecule has 0 aliphatic carbocycles. The van der Waals surface area contributed by atoms with Crippen molar-refractivity contribution in [2.75, 3.05) is 6.54 Å². The Morgan fingerprint density at radius 1 is 1.21 bits per heavy atom. The van der Waals surface area contributed by atoms with Gasteiger partial charge in [0.2, 0.25) is 0 Å². The van der Waals surface area contributed by atoms with Gasteiger partial charge >= 0.3 is 0 Å². The molecule has 0 unspecified atom stereocenters. The summed E-state index contributed by atoms with van der Waals surface area (Å²) in [5, 5.41) is 3.38. The Kier molecular flexibility index (Phi) is 4.00. The summed E-state index contributed by atoms with van der Waals surface area (Å²) in [6.45, 7) is 7.17. The molecule has 1 N–H and O–H groups in total. The third kappa shape index (κ3) is 4.17. The van der Waals surface area contributed by atoms with E-state index < -0.39 is 0 Å². The summed E-state index contributed by atoms with van der Waals surface area (Å²) in [4.78, 5) is 4.23. The van der Waals surface area contributed by atoms with Gasteiger partial charge in [0.25, 0.3) is 0 Å². The van der Waals surface area contributed by atoms with Crippen molar-refractivity contribution in [3.05, 3.63) is 42.2 Å². The SMILES string of the molecule is CC(C)(C)NCCc1ncc(-c2ccc(F)cc2)o1. The number of oxazole rings is 1. The summed E-state index contributed by atoms with van der Waals surface area (Å²) in [6.07, 6.45) is 2.41. The highest BCUT2D eigenvalue weighted by Gasteiger charge is 2.10. The molecule has 0 bridgehead atoms. The van der Waals surface area contributed by atoms with Crippen LogP contribution in [0.1, 0.15) is 26.7 Å². The van der Waals surface area contributed by atoms with Gasteiger partial charge < -0.3 is 9.73 Å². The van der Waals surface area contributed by atoms with Crippen LogP contribution in [0, 0.1) is 5.82 Å². The van der Waals surface area contributed by atoms with Gasteiger partial charge in [-0.2, -0.15) is 0 Å². The summed E-state index contributed by atoms with van der Waals surface area (Å²) in [5.41, 5.74) is 0.927. The van der Waals surface area contributed by atoms with Gasteiger partial charge in [0, 0.05) is 24.1 Å². The lowest BCUT2D eigenvalue weighted by Gasteiger charge is -2.19. The molecule has 1 aromatic heterocycles. The fourth-order valence-electron chi connectivity index (χ4n) is 1.72. The summed E-state index contributed by atoms with van der Waals surface area (Å²) in [7, 11) is 0. The van der Waals surface area contributed by atoms with E-state index in [2.05, 4.69) is 31.1 Å². The second-order valence-corrected chi connectivity index (χ2v) is 5.55. The van der Waals surface area contributed by atoms with Crippen molar-refractivity contribution in [2.24, 2.45) is 0 Å². The van der Waals surface area contributed by atoms with Gasteiger partial charge in [0.1, 0.15) is 5.82 Å². The molecule has 3 nitrogen and oxygen atoms in total. The maximum absolute atomic E-state index is 12.8. The highest BCUT2D eigenvalue weighted by Crippen LogP contribution is 2.20. The van der Waals surface area contributed by atoms with Gasteiger partial charge in [-0.15, -0.1) is 0 Å². The van der Waals surface area contributed by atoms with Gasteiger partial charge in [-0.1, -0.05) is 0 Å². The average molecular weight is 262 g/mol. The van der Waals surface area contributed by atoms with Crippen LogP contribution >= 0.6 is 0 Å². The minimum atomic E-state index is -0.252. The van der Waals surface area contributed by atoms with Gasteiger partial charge in [-0.3, -0.25) is 0 Å². The van der Waals surface area contributed by atoms with Crippen LogP contribution in [-0.2, 0) is 6.42 Å². The van der Waals surface area contributed by atoms with Gasteiger partial charge in [-0.25, -0.2) is 9.37 Å². The number of nitrogens with zero attached hydrogens (tertiary/aromatic N) is 1. The molecule has 19 heavy (non-hydrogen) atoms. The number of halogens is 1. The predicted molar refractivity (Wildman–Crippen MR) is 73.4 cm³/mol. The molecule has 0 spiro atoms. The molecule has 1 aromatic carbocycles. The van der Waals surface area contributed by atoms with E-state index in [0.29, 0.717) is 11.7 Å². The molecule has 2 rings (SSSR count). The van der Waals surface area contributed by atoms with Crippen molar-refractivity contribution >= 4 is 0 Å². The molecule has 0 saturated heterocycles. The fourth-order valence-corrected chi connectivity index (χ4v) is 1.72. The summed E-state index contributed by atoms with van der Waals surface area (Å²) in [5.74, 6) is 1.11. The first-order valence-electron chi connectivity index (χ1n) is 6.40. The van der Waals surface area contributed by atoms with Crippen LogP contribution in [0.4, 0.5) is 4.39 Å². The van der Waals surface area contributed by atoms with Gasteiger partial charge in [0.05, 0.1) is 6.20 Å². The van der Waals surface area contributed by atoms with Crippen molar-refractivity contribution < 1.29 is 8.81 Å². The van der Waals surface area contributed by atoms with Crippen LogP contribution < -0.4 is 5.32 Å². The molecule has 0 radical (unpaired) electrons. The Labute approximate surface area is 112 Å². The number of hydrogen-bond donors (Lipinski definition) is 1. The van der Waals surface area contributed by atoms with Crippen molar-refractivity contribution in [1.29, 1.82) is 0 Å². The zero-order valence-electron chi connectivity index (χ0n) is 11.5. The highest BCUT2D eigenvalue weighted by molar-refractivity contribution is 5.55. The molecule has 0 saturated carbocycles. The maximum Gasteiger partial charge on any atom is 0.196 e. The number of rotatable bonds is 4. The summed E-state index contributed by atoms with van der Waals surface area (Å²) in [6, 6.07) is 6.21. The van der Waals surface area contributed by atoms with Crippen LogP contribution in [0.25, 0.3) is 11.3 Å². The molecule has 0 aliphatic heterocycles. The first-order valence-corrected chi connectivity index (χ1v) is 6.40. The fraction of sp³-hybridized carbons (Fsp3) is 0.400. The monoisotopic (exact) mass is 262 g/mol. The standard InChI is InChI=1S/C15H19FN2O/c1-15(2,3)18-9-8-14-17-10-13(19-14)11-4-6-12(16)7-5-11/h4-7,10,18H,8-9H2,1-3H3. The second kappa shape index (κ2) is 5.53. The van der Waals surface area contributed by atoms with Gasteiger partial charge in [-0.05, 0) is 45.0 Å². The lowest BCUT2D eigenvalue weighted by atomic mass is 10.1. The van der Waals surface area contributed by atoms with E-state index in [0.717, 1.165) is 18.5 Å². The van der Waals surface area contributed by atoms with Crippen LogP contribution in [0.5, 0.6) is 0 Å². The predicted octanol–water partition coefficient (Wildman–Crippen LogP) is 3.41. The van der Waals surface area contributed by atoms with Gasteiger partial charge in [0.15, 0.2) is 11.7 Å². The Balaban J connectivity index is 1.97. The third-order valence-electron chi connectivity index (χ3n) is 2.68. The second-order valence-electron chi connectivity index (χ2n) is 5.55. The first-order chi connectivity index (χ1) is 8.94. The summed E-state index contributed by atoms with van der Waals surface area (Å²) < 4.78 is 18.5. The lowest BCUT2D eigenvalue weighted by molar-refractivity contribution is 0.412. The van der Waals surface area contributed by atoms with Crippen LogP contribution in [0.2, 0.25) is 0 Å². The highest BCUT2D eigenvalue weighted by atomic mass is 19.1. The number of nitrogens with one attached hydrogen (secondary N) is 1. The van der Waals surface area contributed by atoms with Crippen LogP contribution in [0.15, 0.2) is 34.9 Å². The largest absolute Gasteiger partial charge is 0.441 e. The van der Waals surface area contributed by atoms with E-state index in [1.165, 1.54) is 12.1 Å². The zero-order valence-corrected chi connectivity index (χ0v) is 11.5. The molecule has 102 valence electrons. The molecule has 0 amide bonds. The molecular weight excluding hydrogens is 243 g/mol. The molecule has 0 aliphatic rings. The quantitative estimate of drug-likeness (QED) is 0.917. The number of aromatic nitrogens is 1. The van der Waals surface area contributed by atoms with E-state index in [1.807, 2.05) is 0 Å². The smallest absolute Gasteiger partial charge is 0.196 e. The van der Waals surface area contributed by atoms with Crippen molar-refractivity contribution in [3.8, 4) is 11.3 Å². The molecular formula is C15H19FN2O. The summed E-state index contributed by atoms with van der Waals surface area (Å²) >= 11 is 0. The van der Waals surface area contributed by atoms with Crippen molar-refractivity contribution in [3.63, 3.8) is 0 Å².